The van der Waals surface area contributed by atoms with Crippen LogP contribution < -0.4 is 20.3 Å². The Bertz CT molecular complexity index is 1990. The zero-order valence-electron chi connectivity index (χ0n) is 29.2. The number of aromatic nitrogens is 4. The van der Waals surface area contributed by atoms with Gasteiger partial charge < -0.3 is 39.7 Å². The molecule has 2 aromatic carbocycles. The summed E-state index contributed by atoms with van der Waals surface area (Å²) in [5.74, 6) is 1.37. The normalized spacial score (nSPS) is 16.0. The van der Waals surface area contributed by atoms with Gasteiger partial charge in [0, 0.05) is 68.5 Å². The summed E-state index contributed by atoms with van der Waals surface area (Å²) in [5.41, 5.74) is 5.83. The Labute approximate surface area is 297 Å². The number of carbonyl (C=O) groups is 1. The molecular weight excluding hydrogens is 646 g/mol. The lowest BCUT2D eigenvalue weighted by Crippen LogP contribution is -2.53. The van der Waals surface area contributed by atoms with Crippen LogP contribution in [0.2, 0.25) is 0 Å². The molecule has 1 amide bonds. The second kappa shape index (κ2) is 15.3. The summed E-state index contributed by atoms with van der Waals surface area (Å²) < 4.78 is 11.6. The first kappa shape index (κ1) is 34.2. The Kier molecular flexibility index (Phi) is 10.3. The Hall–Kier alpha value is -5.24. The van der Waals surface area contributed by atoms with Gasteiger partial charge in [0.1, 0.15) is 17.2 Å². The Morgan fingerprint density at radius 3 is 2.67 bits per heavy atom. The summed E-state index contributed by atoms with van der Waals surface area (Å²) >= 11 is 0. The highest BCUT2D eigenvalue weighted by Crippen LogP contribution is 2.39. The van der Waals surface area contributed by atoms with Crippen LogP contribution in [0.25, 0.3) is 33.6 Å². The lowest BCUT2D eigenvalue weighted by molar-refractivity contribution is -0.111. The number of furan rings is 1. The van der Waals surface area contributed by atoms with E-state index in [0.29, 0.717) is 47.7 Å². The number of aliphatic hydroxyl groups is 1. The molecule has 0 saturated carbocycles. The first-order chi connectivity index (χ1) is 24.9. The summed E-state index contributed by atoms with van der Waals surface area (Å²) in [6.45, 7) is 9.59. The summed E-state index contributed by atoms with van der Waals surface area (Å²) in [4.78, 5) is 37.7. The van der Waals surface area contributed by atoms with Gasteiger partial charge >= 0.3 is 0 Å². The zero-order valence-corrected chi connectivity index (χ0v) is 29.2. The number of hydrogen-bond acceptors (Lipinski definition) is 11. The van der Waals surface area contributed by atoms with Crippen molar-refractivity contribution in [3.8, 4) is 28.4 Å². The minimum Gasteiger partial charge on any atom is -0.494 e. The topological polar surface area (TPSA) is 148 Å². The number of anilines is 4. The number of piperazine rings is 1. The number of aromatic amines is 1. The lowest BCUT2D eigenvalue weighted by atomic mass is 10.0. The first-order valence-electron chi connectivity index (χ1n) is 17.5. The molecule has 13 nitrogen and oxygen atoms in total. The van der Waals surface area contributed by atoms with E-state index in [9.17, 15) is 9.90 Å². The number of amides is 1. The van der Waals surface area contributed by atoms with Crippen molar-refractivity contribution in [2.24, 2.45) is 0 Å². The van der Waals surface area contributed by atoms with Crippen molar-refractivity contribution in [1.82, 2.24) is 29.7 Å². The third kappa shape index (κ3) is 7.60. The van der Waals surface area contributed by atoms with Gasteiger partial charge in [-0.25, -0.2) is 15.0 Å². The number of nitrogens with one attached hydrogen (secondary N) is 3. The molecule has 51 heavy (non-hydrogen) atoms. The smallest absolute Gasteiger partial charge is 0.247 e. The number of benzene rings is 2. The molecule has 0 radical (unpaired) electrons. The average molecular weight is 692 g/mol. The van der Waals surface area contributed by atoms with Gasteiger partial charge in [0.2, 0.25) is 11.9 Å². The average Bonchev–Trinajstić information content (AvgIpc) is 3.82. The number of carbonyl (C=O) groups excluding carboxylic acids is 1. The van der Waals surface area contributed by atoms with Gasteiger partial charge in [0.15, 0.2) is 0 Å². The van der Waals surface area contributed by atoms with E-state index in [4.69, 9.17) is 19.1 Å². The van der Waals surface area contributed by atoms with Crippen molar-refractivity contribution < 1.29 is 19.1 Å². The minimum atomic E-state index is -0.299. The molecule has 7 rings (SSSR count). The highest BCUT2D eigenvalue weighted by molar-refractivity contribution is 6.02. The van der Waals surface area contributed by atoms with Gasteiger partial charge in [0.25, 0.3) is 0 Å². The molecule has 5 aromatic rings. The number of methoxy groups -OCH3 is 1. The fraction of sp³-hybridized carbons (Fsp3) is 0.368. The quantitative estimate of drug-likeness (QED) is 0.126. The Balaban J connectivity index is 1.17. The summed E-state index contributed by atoms with van der Waals surface area (Å²) in [6, 6.07) is 14.2. The summed E-state index contributed by atoms with van der Waals surface area (Å²) in [6.07, 6.45) is 8.17. The third-order valence-electron chi connectivity index (χ3n) is 9.83. The van der Waals surface area contributed by atoms with Crippen molar-refractivity contribution in [2.75, 3.05) is 75.6 Å². The van der Waals surface area contributed by atoms with Crippen LogP contribution in [0.3, 0.4) is 0 Å². The largest absolute Gasteiger partial charge is 0.494 e. The molecule has 0 aliphatic carbocycles. The van der Waals surface area contributed by atoms with Crippen molar-refractivity contribution >= 4 is 39.9 Å². The maximum absolute atomic E-state index is 12.6. The van der Waals surface area contributed by atoms with Crippen LogP contribution >= 0.6 is 0 Å². The fourth-order valence-corrected chi connectivity index (χ4v) is 7.03. The van der Waals surface area contributed by atoms with Gasteiger partial charge in [-0.1, -0.05) is 18.7 Å². The van der Waals surface area contributed by atoms with Crippen molar-refractivity contribution in [2.45, 2.75) is 31.7 Å². The van der Waals surface area contributed by atoms with Gasteiger partial charge in [0.05, 0.1) is 47.5 Å². The predicted molar refractivity (Wildman–Crippen MR) is 200 cm³/mol. The fourth-order valence-electron chi connectivity index (χ4n) is 7.03. The van der Waals surface area contributed by atoms with E-state index in [2.05, 4.69) is 48.9 Å². The van der Waals surface area contributed by atoms with Gasteiger partial charge in [-0.3, -0.25) is 9.69 Å². The van der Waals surface area contributed by atoms with Crippen LogP contribution in [0.5, 0.6) is 5.75 Å². The molecule has 2 fully saturated rings. The molecule has 13 heteroatoms. The van der Waals surface area contributed by atoms with E-state index in [1.54, 1.807) is 19.6 Å². The molecule has 2 saturated heterocycles. The highest BCUT2D eigenvalue weighted by atomic mass is 16.5. The van der Waals surface area contributed by atoms with Crippen LogP contribution in [0.15, 0.2) is 72.0 Å². The number of nitrogens with zero attached hydrogens (tertiary/aromatic N) is 6. The van der Waals surface area contributed by atoms with E-state index in [1.165, 1.54) is 18.9 Å². The standard InChI is InChI=1S/C38H45N9O4/c1-4-35(49)40-29-23-30(33(50-3)24-31(29)47-18-16-46(17-19-47)27-10-14-45(2)15-11-27)42-38-39-13-9-28(41-38)37-36(43-34(44-37)6-5-20-48)26-8-7-25-12-21-51-32(25)22-26/h4,7-9,12-13,21-24,27,48H,1,5-6,10-11,14-20H2,2-3H3,(H,40,49)(H,43,44)(H,39,41,42). The molecular formula is C38H45N9O4. The van der Waals surface area contributed by atoms with Crippen LogP contribution in [0.1, 0.15) is 25.1 Å². The molecule has 266 valence electrons. The second-order valence-electron chi connectivity index (χ2n) is 13.1. The Morgan fingerprint density at radius 1 is 1.08 bits per heavy atom. The number of hydrogen-bond donors (Lipinski definition) is 4. The lowest BCUT2D eigenvalue weighted by Gasteiger charge is -2.43. The summed E-state index contributed by atoms with van der Waals surface area (Å²) in [5, 5.41) is 16.8. The van der Waals surface area contributed by atoms with Gasteiger partial charge in [-0.2, -0.15) is 0 Å². The SMILES string of the molecule is C=CC(=O)Nc1cc(Nc2nccc(-c3[nH]c(CCCO)nc3-c3ccc4ccoc4c3)n2)c(OC)cc1N1CCN(C2CCN(C)CC2)CC1. The number of imidazole rings is 1. The van der Waals surface area contributed by atoms with E-state index >= 15 is 0 Å². The van der Waals surface area contributed by atoms with Crippen molar-refractivity contribution in [3.05, 3.63) is 73.4 Å². The monoisotopic (exact) mass is 691 g/mol. The molecule has 0 atom stereocenters. The van der Waals surface area contributed by atoms with E-state index in [-0.39, 0.29) is 12.5 Å². The van der Waals surface area contributed by atoms with E-state index in [1.807, 2.05) is 42.5 Å². The number of piperidine rings is 1. The third-order valence-corrected chi connectivity index (χ3v) is 9.83. The number of aryl methyl sites for hydroxylation is 1. The highest BCUT2D eigenvalue weighted by Gasteiger charge is 2.28. The molecule has 5 heterocycles. The van der Waals surface area contributed by atoms with Crippen LogP contribution in [0.4, 0.5) is 23.0 Å². The first-order valence-corrected chi connectivity index (χ1v) is 17.5. The molecule has 0 spiro atoms. The molecule has 0 unspecified atom stereocenters. The Morgan fingerprint density at radius 2 is 1.90 bits per heavy atom. The second-order valence-corrected chi connectivity index (χ2v) is 13.1. The summed E-state index contributed by atoms with van der Waals surface area (Å²) in [7, 11) is 3.82. The van der Waals surface area contributed by atoms with Crippen molar-refractivity contribution in [1.29, 1.82) is 0 Å². The van der Waals surface area contributed by atoms with Crippen molar-refractivity contribution in [3.63, 3.8) is 0 Å². The maximum atomic E-state index is 12.6. The van der Waals surface area contributed by atoms with Crippen LogP contribution in [-0.4, -0.2) is 107 Å². The molecule has 2 aliphatic heterocycles. The number of ether oxygens (including phenoxy) is 1. The number of rotatable bonds is 12. The van der Waals surface area contributed by atoms with E-state index in [0.717, 1.165) is 78.7 Å². The molecule has 4 N–H and O–H groups in total. The number of fused-ring (bicyclic) bond motifs is 1. The molecule has 3 aromatic heterocycles. The maximum Gasteiger partial charge on any atom is 0.247 e. The minimum absolute atomic E-state index is 0.0653. The zero-order chi connectivity index (χ0) is 35.3. The number of likely N-dealkylation sites (tertiary alicyclic amines) is 1. The van der Waals surface area contributed by atoms with Gasteiger partial charge in [-0.15, -0.1) is 0 Å². The predicted octanol–water partition coefficient (Wildman–Crippen LogP) is 5.30. The molecule has 0 bridgehead atoms. The van der Waals surface area contributed by atoms with Crippen LogP contribution in [0, 0.1) is 0 Å². The number of aliphatic hydroxyl groups excluding tert-OH is 1. The van der Waals surface area contributed by atoms with E-state index < -0.39 is 0 Å². The van der Waals surface area contributed by atoms with Crippen LogP contribution in [-0.2, 0) is 11.2 Å². The molecule has 2 aliphatic rings. The number of H-pyrrole nitrogens is 1. The van der Waals surface area contributed by atoms with Gasteiger partial charge in [-0.05, 0) is 69.7 Å².